The highest BCUT2D eigenvalue weighted by molar-refractivity contribution is 7.70. The first-order valence-corrected chi connectivity index (χ1v) is 12.9. The second kappa shape index (κ2) is 10.7. The molecule has 3 aromatic carbocycles. The molecule has 0 spiro atoms. The summed E-state index contributed by atoms with van der Waals surface area (Å²) in [6.07, 6.45) is 1.40. The summed E-state index contributed by atoms with van der Waals surface area (Å²) in [6.45, 7) is 0. The van der Waals surface area contributed by atoms with Crippen molar-refractivity contribution >= 4 is 41.9 Å². The molecular formula is C24H24Cl3OP. The number of hydrogen-bond acceptors (Lipinski definition) is 1. The quantitative estimate of drug-likeness (QED) is 0.233. The fourth-order valence-electron chi connectivity index (χ4n) is 3.38. The molecule has 0 fully saturated rings. The summed E-state index contributed by atoms with van der Waals surface area (Å²) in [6, 6.07) is 29.5. The van der Waals surface area contributed by atoms with Crippen molar-refractivity contribution in [1.29, 1.82) is 0 Å². The van der Waals surface area contributed by atoms with Crippen molar-refractivity contribution in [3.05, 3.63) is 108 Å². The molecule has 1 nitrogen and oxygen atoms in total. The molecule has 0 aliphatic heterocycles. The van der Waals surface area contributed by atoms with E-state index in [4.69, 9.17) is 34.8 Å². The Labute approximate surface area is 188 Å². The molecule has 3 atom stereocenters. The molecule has 0 N–H and O–H groups in total. The van der Waals surface area contributed by atoms with E-state index in [9.17, 15) is 4.57 Å². The summed E-state index contributed by atoms with van der Waals surface area (Å²) in [7, 11) is -3.19. The molecule has 0 aliphatic carbocycles. The standard InChI is InChI=1S/C24H24Cl3OP/c25-22(16-19-10-4-1-5-11-19)29(28,23(26)17-20-12-6-2-7-13-20)24(27)18-21-14-8-3-9-15-21/h1-15,22-24H,16-18H2. The molecule has 5 heteroatoms. The highest BCUT2D eigenvalue weighted by atomic mass is 35.5. The average Bonchev–Trinajstić information content (AvgIpc) is 2.75. The van der Waals surface area contributed by atoms with Gasteiger partial charge in [-0.05, 0) is 36.0 Å². The summed E-state index contributed by atoms with van der Waals surface area (Å²) >= 11 is 20.4. The van der Waals surface area contributed by atoms with Crippen LogP contribution in [-0.2, 0) is 23.8 Å². The summed E-state index contributed by atoms with van der Waals surface area (Å²) in [5, 5.41) is -1.91. The van der Waals surface area contributed by atoms with Crippen molar-refractivity contribution in [3.8, 4) is 0 Å². The van der Waals surface area contributed by atoms with Crippen LogP contribution in [0.4, 0.5) is 0 Å². The lowest BCUT2D eigenvalue weighted by molar-refractivity contribution is 0.564. The Morgan fingerprint density at radius 3 is 1.00 bits per heavy atom. The van der Waals surface area contributed by atoms with Gasteiger partial charge in [-0.2, -0.15) is 0 Å². The molecule has 0 heterocycles. The number of alkyl halides is 3. The van der Waals surface area contributed by atoms with Crippen LogP contribution in [0.5, 0.6) is 0 Å². The number of halogens is 3. The zero-order valence-electron chi connectivity index (χ0n) is 16.0. The second-order valence-electron chi connectivity index (χ2n) is 7.14. The van der Waals surface area contributed by atoms with Crippen LogP contribution in [0.2, 0.25) is 0 Å². The van der Waals surface area contributed by atoms with Gasteiger partial charge in [0.1, 0.15) is 7.14 Å². The second-order valence-corrected chi connectivity index (χ2v) is 13.0. The molecule has 29 heavy (non-hydrogen) atoms. The molecular weight excluding hydrogens is 442 g/mol. The fraction of sp³-hybridized carbons (Fsp3) is 0.250. The van der Waals surface area contributed by atoms with Crippen LogP contribution in [0.25, 0.3) is 0 Å². The minimum absolute atomic E-state index is 0.468. The Morgan fingerprint density at radius 1 is 0.517 bits per heavy atom. The van der Waals surface area contributed by atoms with Crippen molar-refractivity contribution in [1.82, 2.24) is 0 Å². The first kappa shape index (κ1) is 22.4. The fourth-order valence-corrected chi connectivity index (χ4v) is 9.42. The first-order valence-electron chi connectivity index (χ1n) is 9.63. The Balaban J connectivity index is 1.87. The van der Waals surface area contributed by atoms with Gasteiger partial charge in [-0.3, -0.25) is 0 Å². The lowest BCUT2D eigenvalue weighted by atomic mass is 10.2. The van der Waals surface area contributed by atoms with E-state index in [0.717, 1.165) is 16.7 Å². The SMILES string of the molecule is O=P(C(Cl)Cc1ccccc1)(C(Cl)Cc1ccccc1)C(Cl)Cc1ccccc1. The van der Waals surface area contributed by atoms with E-state index >= 15 is 0 Å². The van der Waals surface area contributed by atoms with Gasteiger partial charge >= 0.3 is 0 Å². The van der Waals surface area contributed by atoms with Gasteiger partial charge in [0.2, 0.25) is 0 Å². The molecule has 152 valence electrons. The molecule has 0 amide bonds. The van der Waals surface area contributed by atoms with Gasteiger partial charge < -0.3 is 4.57 Å². The van der Waals surface area contributed by atoms with Crippen molar-refractivity contribution in [2.75, 3.05) is 0 Å². The van der Waals surface area contributed by atoms with Crippen LogP contribution in [0.15, 0.2) is 91.0 Å². The van der Waals surface area contributed by atoms with Gasteiger partial charge in [0.25, 0.3) is 0 Å². The largest absolute Gasteiger partial charge is 0.319 e. The normalized spacial score (nSPS) is 16.5. The minimum atomic E-state index is -3.19. The summed E-state index contributed by atoms with van der Waals surface area (Å²) in [5.74, 6) is 0. The van der Waals surface area contributed by atoms with Crippen LogP contribution < -0.4 is 0 Å². The monoisotopic (exact) mass is 464 g/mol. The van der Waals surface area contributed by atoms with Gasteiger partial charge in [-0.15, -0.1) is 34.8 Å². The lowest BCUT2D eigenvalue weighted by Crippen LogP contribution is -2.23. The maximum Gasteiger partial charge on any atom is 0.140 e. The highest BCUT2D eigenvalue weighted by Gasteiger charge is 2.44. The van der Waals surface area contributed by atoms with Crippen LogP contribution in [0.1, 0.15) is 16.7 Å². The smallest absolute Gasteiger partial charge is 0.140 e. The van der Waals surface area contributed by atoms with Gasteiger partial charge in [-0.25, -0.2) is 0 Å². The van der Waals surface area contributed by atoms with E-state index < -0.39 is 22.5 Å². The number of hydrogen-bond donors (Lipinski definition) is 0. The van der Waals surface area contributed by atoms with Crippen LogP contribution in [0.3, 0.4) is 0 Å². The summed E-state index contributed by atoms with van der Waals surface area (Å²) < 4.78 is 14.3. The van der Waals surface area contributed by atoms with E-state index in [2.05, 4.69) is 0 Å². The number of rotatable bonds is 9. The van der Waals surface area contributed by atoms with Crippen molar-refractivity contribution in [2.24, 2.45) is 0 Å². The molecule has 3 unspecified atom stereocenters. The summed E-state index contributed by atoms with van der Waals surface area (Å²) in [4.78, 5) is 0. The van der Waals surface area contributed by atoms with Gasteiger partial charge in [0, 0.05) is 0 Å². The van der Waals surface area contributed by atoms with Gasteiger partial charge in [0.15, 0.2) is 0 Å². The van der Waals surface area contributed by atoms with Crippen molar-refractivity contribution in [2.45, 2.75) is 34.6 Å². The predicted molar refractivity (Wildman–Crippen MR) is 127 cm³/mol. The van der Waals surface area contributed by atoms with Gasteiger partial charge in [-0.1, -0.05) is 91.0 Å². The van der Waals surface area contributed by atoms with E-state index in [-0.39, 0.29) is 0 Å². The molecule has 0 aliphatic rings. The average molecular weight is 466 g/mol. The molecule has 3 aromatic rings. The molecule has 0 aromatic heterocycles. The summed E-state index contributed by atoms with van der Waals surface area (Å²) in [5.41, 5.74) is 3.08. The van der Waals surface area contributed by atoms with E-state index in [0.29, 0.717) is 19.3 Å². The molecule has 0 saturated carbocycles. The topological polar surface area (TPSA) is 17.1 Å². The Morgan fingerprint density at radius 2 is 0.759 bits per heavy atom. The third-order valence-electron chi connectivity index (χ3n) is 5.05. The van der Waals surface area contributed by atoms with Gasteiger partial charge in [0.05, 0.1) is 15.4 Å². The number of benzene rings is 3. The van der Waals surface area contributed by atoms with Crippen LogP contribution >= 0.6 is 41.9 Å². The highest BCUT2D eigenvalue weighted by Crippen LogP contribution is 2.65. The maximum atomic E-state index is 14.3. The minimum Gasteiger partial charge on any atom is -0.319 e. The zero-order valence-corrected chi connectivity index (χ0v) is 19.2. The zero-order chi connectivity index (χ0) is 20.7. The first-order chi connectivity index (χ1) is 14.0. The maximum absolute atomic E-state index is 14.3. The van der Waals surface area contributed by atoms with E-state index in [1.165, 1.54) is 0 Å². The third kappa shape index (κ3) is 5.89. The predicted octanol–water partition coefficient (Wildman–Crippen LogP) is 7.77. The third-order valence-corrected chi connectivity index (χ3v) is 11.4. The Bertz CT molecular complexity index is 796. The van der Waals surface area contributed by atoms with E-state index in [1.807, 2.05) is 91.0 Å². The Hall–Kier alpha value is -1.24. The van der Waals surface area contributed by atoms with Crippen LogP contribution in [-0.4, -0.2) is 15.4 Å². The Kier molecular flexibility index (Phi) is 8.27. The molecule has 0 saturated heterocycles. The molecule has 0 radical (unpaired) electrons. The lowest BCUT2D eigenvalue weighted by Gasteiger charge is -2.32. The van der Waals surface area contributed by atoms with Crippen molar-refractivity contribution < 1.29 is 4.57 Å². The van der Waals surface area contributed by atoms with Crippen LogP contribution in [0, 0.1) is 0 Å². The van der Waals surface area contributed by atoms with Crippen molar-refractivity contribution in [3.63, 3.8) is 0 Å². The molecule has 0 bridgehead atoms. The van der Waals surface area contributed by atoms with E-state index in [1.54, 1.807) is 0 Å². The molecule has 3 rings (SSSR count).